The van der Waals surface area contributed by atoms with Crippen LogP contribution in [-0.2, 0) is 9.59 Å². The number of aromatic nitrogens is 3. The molecule has 2 aromatic rings. The Balaban J connectivity index is 1.65. The van der Waals surface area contributed by atoms with Gasteiger partial charge in [-0.25, -0.2) is 9.67 Å². The van der Waals surface area contributed by atoms with E-state index in [4.69, 9.17) is 5.11 Å². The molecule has 1 aromatic heterocycles. The molecule has 1 saturated heterocycles. The summed E-state index contributed by atoms with van der Waals surface area (Å²) in [5, 5.41) is 13.2. The van der Waals surface area contributed by atoms with Crippen LogP contribution in [0.3, 0.4) is 0 Å². The van der Waals surface area contributed by atoms with Gasteiger partial charge in [-0.1, -0.05) is 0 Å². The lowest BCUT2D eigenvalue weighted by Gasteiger charge is -2.32. The van der Waals surface area contributed by atoms with Crippen molar-refractivity contribution in [1.29, 1.82) is 0 Å². The van der Waals surface area contributed by atoms with Gasteiger partial charge in [-0.15, -0.1) is 0 Å². The number of carbonyl (C=O) groups excluding carboxylic acids is 2. The third kappa shape index (κ3) is 4.19. The van der Waals surface area contributed by atoms with Gasteiger partial charge in [0.25, 0.3) is 5.91 Å². The number of aliphatic carboxylic acids is 1. The number of piperidine rings is 1. The topological polar surface area (TPSA) is 109 Å². The molecule has 9 nitrogen and oxygen atoms in total. The molecule has 1 aliphatic rings. The standard InChI is InChI=1S/C19H23N5O4/c1-13-8-14(5-6-16(13)24-12-20-11-21-24)18(26)22(2)10-17(25)23-7-3-4-15(9-23)19(27)28/h5-6,8,11-12,15H,3-4,7,9-10H2,1-2H3,(H,27,28). The number of amides is 2. The number of carbonyl (C=O) groups is 3. The zero-order valence-corrected chi connectivity index (χ0v) is 15.9. The smallest absolute Gasteiger partial charge is 0.308 e. The van der Waals surface area contributed by atoms with Crippen LogP contribution in [0, 0.1) is 12.8 Å². The van der Waals surface area contributed by atoms with E-state index in [-0.39, 0.29) is 24.9 Å². The van der Waals surface area contributed by atoms with E-state index in [9.17, 15) is 14.4 Å². The van der Waals surface area contributed by atoms with Crippen LogP contribution >= 0.6 is 0 Å². The van der Waals surface area contributed by atoms with Gasteiger partial charge in [-0.2, -0.15) is 5.10 Å². The van der Waals surface area contributed by atoms with Crippen LogP contribution in [-0.4, -0.2) is 74.1 Å². The van der Waals surface area contributed by atoms with Gasteiger partial charge in [-0.3, -0.25) is 14.4 Å². The predicted octanol–water partition coefficient (Wildman–Crippen LogP) is 0.971. The van der Waals surface area contributed by atoms with Crippen molar-refractivity contribution in [2.45, 2.75) is 19.8 Å². The van der Waals surface area contributed by atoms with Crippen molar-refractivity contribution in [2.75, 3.05) is 26.7 Å². The third-order valence-corrected chi connectivity index (χ3v) is 4.95. The fraction of sp³-hybridized carbons (Fsp3) is 0.421. The van der Waals surface area contributed by atoms with E-state index in [1.165, 1.54) is 16.1 Å². The summed E-state index contributed by atoms with van der Waals surface area (Å²) in [7, 11) is 1.57. The second kappa shape index (κ2) is 8.20. The summed E-state index contributed by atoms with van der Waals surface area (Å²) < 4.78 is 1.62. The molecule has 2 amide bonds. The number of rotatable bonds is 5. The largest absolute Gasteiger partial charge is 0.481 e. The zero-order chi connectivity index (χ0) is 20.3. The van der Waals surface area contributed by atoms with Crippen LogP contribution in [0.4, 0.5) is 0 Å². The summed E-state index contributed by atoms with van der Waals surface area (Å²) in [6.07, 6.45) is 4.25. The molecule has 0 saturated carbocycles. The maximum atomic E-state index is 12.7. The average molecular weight is 385 g/mol. The molecular weight excluding hydrogens is 362 g/mol. The molecular formula is C19H23N5O4. The molecule has 0 radical (unpaired) electrons. The number of carboxylic acid groups (broad SMARTS) is 1. The van der Waals surface area contributed by atoms with E-state index < -0.39 is 11.9 Å². The van der Waals surface area contributed by atoms with E-state index in [0.29, 0.717) is 24.9 Å². The van der Waals surface area contributed by atoms with Crippen LogP contribution < -0.4 is 0 Å². The molecule has 0 spiro atoms. The van der Waals surface area contributed by atoms with Crippen LogP contribution in [0.5, 0.6) is 0 Å². The maximum Gasteiger partial charge on any atom is 0.308 e. The summed E-state index contributed by atoms with van der Waals surface area (Å²) in [4.78, 5) is 43.2. The van der Waals surface area contributed by atoms with Gasteiger partial charge >= 0.3 is 5.97 Å². The Kier molecular flexibility index (Phi) is 5.72. The number of nitrogens with zero attached hydrogens (tertiary/aromatic N) is 5. The molecule has 0 bridgehead atoms. The van der Waals surface area contributed by atoms with E-state index in [0.717, 1.165) is 11.3 Å². The van der Waals surface area contributed by atoms with Crippen LogP contribution in [0.15, 0.2) is 30.9 Å². The molecule has 1 aliphatic heterocycles. The minimum absolute atomic E-state index is 0.0882. The Morgan fingerprint density at radius 2 is 2.11 bits per heavy atom. The second-order valence-corrected chi connectivity index (χ2v) is 7.02. The summed E-state index contributed by atoms with van der Waals surface area (Å²) in [5.74, 6) is -1.93. The first-order chi connectivity index (χ1) is 13.4. The number of carboxylic acids is 1. The van der Waals surface area contributed by atoms with E-state index >= 15 is 0 Å². The van der Waals surface area contributed by atoms with E-state index in [2.05, 4.69) is 10.1 Å². The molecule has 0 aliphatic carbocycles. The van der Waals surface area contributed by atoms with Crippen molar-refractivity contribution in [2.24, 2.45) is 5.92 Å². The number of hydrogen-bond acceptors (Lipinski definition) is 5. The first-order valence-electron chi connectivity index (χ1n) is 9.08. The Bertz CT molecular complexity index is 880. The maximum absolute atomic E-state index is 12.7. The molecule has 1 unspecified atom stereocenters. The number of hydrogen-bond donors (Lipinski definition) is 1. The van der Waals surface area contributed by atoms with Gasteiger partial charge in [0.05, 0.1) is 18.2 Å². The highest BCUT2D eigenvalue weighted by atomic mass is 16.4. The molecule has 1 fully saturated rings. The fourth-order valence-electron chi connectivity index (χ4n) is 3.38. The lowest BCUT2D eigenvalue weighted by molar-refractivity contribution is -0.145. The lowest BCUT2D eigenvalue weighted by atomic mass is 9.98. The van der Waals surface area contributed by atoms with Gasteiger partial charge < -0.3 is 14.9 Å². The number of aryl methyl sites for hydroxylation is 1. The molecule has 9 heteroatoms. The van der Waals surface area contributed by atoms with Gasteiger partial charge in [0.2, 0.25) is 5.91 Å². The molecule has 3 rings (SSSR count). The first kappa shape index (κ1) is 19.5. The Labute approximate surface area is 162 Å². The Hall–Kier alpha value is -3.23. The zero-order valence-electron chi connectivity index (χ0n) is 15.9. The lowest BCUT2D eigenvalue weighted by Crippen LogP contribution is -2.46. The Morgan fingerprint density at radius 3 is 2.75 bits per heavy atom. The predicted molar refractivity (Wildman–Crippen MR) is 100.0 cm³/mol. The second-order valence-electron chi connectivity index (χ2n) is 7.02. The van der Waals surface area contributed by atoms with Crippen LogP contribution in [0.2, 0.25) is 0 Å². The minimum Gasteiger partial charge on any atom is -0.481 e. The number of likely N-dealkylation sites (tertiary alicyclic amines) is 1. The highest BCUT2D eigenvalue weighted by Gasteiger charge is 2.29. The van der Waals surface area contributed by atoms with Crippen molar-refractivity contribution in [3.05, 3.63) is 42.0 Å². The van der Waals surface area contributed by atoms with E-state index in [1.54, 1.807) is 36.3 Å². The monoisotopic (exact) mass is 385 g/mol. The van der Waals surface area contributed by atoms with Crippen molar-refractivity contribution in [1.82, 2.24) is 24.6 Å². The SMILES string of the molecule is Cc1cc(C(=O)N(C)CC(=O)N2CCCC(C(=O)O)C2)ccc1-n1cncn1. The van der Waals surface area contributed by atoms with E-state index in [1.807, 2.05) is 6.92 Å². The normalized spacial score (nSPS) is 16.6. The quantitative estimate of drug-likeness (QED) is 0.822. The van der Waals surface area contributed by atoms with Gasteiger partial charge in [0.15, 0.2) is 0 Å². The summed E-state index contributed by atoms with van der Waals surface area (Å²) >= 11 is 0. The van der Waals surface area contributed by atoms with Crippen LogP contribution in [0.25, 0.3) is 5.69 Å². The highest BCUT2D eigenvalue weighted by molar-refractivity contribution is 5.96. The molecule has 1 aromatic carbocycles. The van der Waals surface area contributed by atoms with Crippen molar-refractivity contribution >= 4 is 17.8 Å². The third-order valence-electron chi connectivity index (χ3n) is 4.95. The summed E-state index contributed by atoms with van der Waals surface area (Å²) in [5.41, 5.74) is 2.15. The van der Waals surface area contributed by atoms with Crippen molar-refractivity contribution < 1.29 is 19.5 Å². The summed E-state index contributed by atoms with van der Waals surface area (Å²) in [6.45, 7) is 2.51. The first-order valence-corrected chi connectivity index (χ1v) is 9.08. The molecule has 2 heterocycles. The van der Waals surface area contributed by atoms with Crippen molar-refractivity contribution in [3.63, 3.8) is 0 Å². The molecule has 28 heavy (non-hydrogen) atoms. The Morgan fingerprint density at radius 1 is 1.32 bits per heavy atom. The summed E-state index contributed by atoms with van der Waals surface area (Å²) in [6, 6.07) is 5.23. The van der Waals surface area contributed by atoms with Crippen molar-refractivity contribution in [3.8, 4) is 5.69 Å². The fourth-order valence-corrected chi connectivity index (χ4v) is 3.38. The van der Waals surface area contributed by atoms with Gasteiger partial charge in [-0.05, 0) is 43.5 Å². The molecule has 1 atom stereocenters. The van der Waals surface area contributed by atoms with Crippen LogP contribution in [0.1, 0.15) is 28.8 Å². The minimum atomic E-state index is -0.884. The number of likely N-dealkylation sites (N-methyl/N-ethyl adjacent to an activating group) is 1. The molecule has 1 N–H and O–H groups in total. The molecule has 148 valence electrons. The van der Waals surface area contributed by atoms with Gasteiger partial charge in [0.1, 0.15) is 12.7 Å². The number of benzene rings is 1. The highest BCUT2D eigenvalue weighted by Crippen LogP contribution is 2.18. The van der Waals surface area contributed by atoms with Gasteiger partial charge in [0, 0.05) is 25.7 Å². The average Bonchev–Trinajstić information content (AvgIpc) is 3.21.